The summed E-state index contributed by atoms with van der Waals surface area (Å²) in [4.78, 5) is 13.1. The first-order chi connectivity index (χ1) is 14.0. The lowest BCUT2D eigenvalue weighted by Gasteiger charge is -2.25. The van der Waals surface area contributed by atoms with Crippen LogP contribution in [0.15, 0.2) is 48.7 Å². The van der Waals surface area contributed by atoms with Crippen LogP contribution in [0.4, 0.5) is 5.69 Å². The van der Waals surface area contributed by atoms with Gasteiger partial charge in [-0.3, -0.25) is 4.79 Å². The number of halogens is 2. The number of hydrogen-bond acceptors (Lipinski definition) is 3. The molecule has 1 saturated heterocycles. The number of amides is 1. The van der Waals surface area contributed by atoms with E-state index in [0.717, 1.165) is 42.9 Å². The van der Waals surface area contributed by atoms with Crippen LogP contribution in [-0.2, 0) is 0 Å². The van der Waals surface area contributed by atoms with E-state index in [-0.39, 0.29) is 11.8 Å². The second kappa shape index (κ2) is 8.57. The molecule has 1 aliphatic rings. The quantitative estimate of drug-likeness (QED) is 0.599. The third kappa shape index (κ3) is 4.17. The monoisotopic (exact) mass is 428 g/mol. The van der Waals surface area contributed by atoms with Crippen molar-refractivity contribution < 1.29 is 4.79 Å². The fourth-order valence-corrected chi connectivity index (χ4v) is 4.05. The highest BCUT2D eigenvalue weighted by Crippen LogP contribution is 2.32. The summed E-state index contributed by atoms with van der Waals surface area (Å²) in [5.74, 6) is 0.0157. The Morgan fingerprint density at radius 3 is 2.62 bits per heavy atom. The Bertz CT molecular complexity index is 1040. The first-order valence-corrected chi connectivity index (χ1v) is 10.4. The predicted octanol–water partition coefficient (Wildman–Crippen LogP) is 5.21. The molecule has 29 heavy (non-hydrogen) atoms. The van der Waals surface area contributed by atoms with Crippen LogP contribution < -0.4 is 10.6 Å². The maximum absolute atomic E-state index is 13.1. The van der Waals surface area contributed by atoms with E-state index in [1.165, 1.54) is 0 Å². The molecule has 1 fully saturated rings. The fraction of sp³-hybridized carbons (Fsp3) is 0.273. The molecule has 0 spiro atoms. The summed E-state index contributed by atoms with van der Waals surface area (Å²) in [7, 11) is 0. The number of piperidine rings is 1. The van der Waals surface area contributed by atoms with Crippen molar-refractivity contribution in [2.75, 3.05) is 18.4 Å². The number of hydrogen-bond donors (Lipinski definition) is 2. The summed E-state index contributed by atoms with van der Waals surface area (Å²) in [6, 6.07) is 13.1. The van der Waals surface area contributed by atoms with Gasteiger partial charge in [-0.2, -0.15) is 5.10 Å². The molecule has 5 nitrogen and oxygen atoms in total. The summed E-state index contributed by atoms with van der Waals surface area (Å²) >= 11 is 12.6. The lowest BCUT2D eigenvalue weighted by atomic mass is 9.91. The minimum atomic E-state index is -0.212. The lowest BCUT2D eigenvalue weighted by Crippen LogP contribution is -2.29. The van der Waals surface area contributed by atoms with Crippen molar-refractivity contribution in [2.24, 2.45) is 0 Å². The molecule has 0 bridgehead atoms. The Morgan fingerprint density at radius 2 is 1.90 bits per heavy atom. The van der Waals surface area contributed by atoms with Crippen molar-refractivity contribution in [1.29, 1.82) is 0 Å². The van der Waals surface area contributed by atoms with E-state index in [4.69, 9.17) is 23.2 Å². The Kier molecular flexibility index (Phi) is 5.90. The Hall–Kier alpha value is -2.34. The van der Waals surface area contributed by atoms with E-state index >= 15 is 0 Å². The summed E-state index contributed by atoms with van der Waals surface area (Å²) in [6.07, 6.45) is 3.52. The zero-order valence-corrected chi connectivity index (χ0v) is 17.6. The topological polar surface area (TPSA) is 59.0 Å². The standard InChI is InChI=1S/C22H22Cl2N4O/c1-14-6-7-16(12-19(14)24)28-21(15-8-10-25-11-9-15)17(13-26-28)22(29)27-20-5-3-2-4-18(20)23/h2-7,12-13,15,25H,8-11H2,1H3,(H,27,29). The zero-order chi connectivity index (χ0) is 20.4. The van der Waals surface area contributed by atoms with Crippen LogP contribution in [0, 0.1) is 6.92 Å². The molecule has 1 amide bonds. The highest BCUT2D eigenvalue weighted by atomic mass is 35.5. The zero-order valence-electron chi connectivity index (χ0n) is 16.1. The number of carbonyl (C=O) groups excluding carboxylic acids is 1. The Balaban J connectivity index is 1.75. The number of aromatic nitrogens is 2. The van der Waals surface area contributed by atoms with Gasteiger partial charge < -0.3 is 10.6 Å². The summed E-state index contributed by atoms with van der Waals surface area (Å²) in [5, 5.41) is 12.0. The molecular formula is C22H22Cl2N4O. The number of rotatable bonds is 4. The van der Waals surface area contributed by atoms with Gasteiger partial charge in [0.25, 0.3) is 5.91 Å². The molecule has 0 aliphatic carbocycles. The normalized spacial score (nSPS) is 14.7. The van der Waals surface area contributed by atoms with E-state index in [1.807, 2.05) is 41.9 Å². The summed E-state index contributed by atoms with van der Waals surface area (Å²) in [6.45, 7) is 3.79. The van der Waals surface area contributed by atoms with Crippen molar-refractivity contribution in [3.8, 4) is 5.69 Å². The van der Waals surface area contributed by atoms with Gasteiger partial charge in [0.1, 0.15) is 0 Å². The van der Waals surface area contributed by atoms with Crippen molar-refractivity contribution in [3.63, 3.8) is 0 Å². The molecule has 0 atom stereocenters. The minimum absolute atomic E-state index is 0.212. The van der Waals surface area contributed by atoms with Gasteiger partial charge >= 0.3 is 0 Å². The van der Waals surface area contributed by atoms with Gasteiger partial charge in [0.05, 0.1) is 33.9 Å². The van der Waals surface area contributed by atoms with Crippen molar-refractivity contribution in [3.05, 3.63) is 75.5 Å². The first-order valence-electron chi connectivity index (χ1n) is 9.65. The maximum Gasteiger partial charge on any atom is 0.259 e. The molecule has 7 heteroatoms. The smallest absolute Gasteiger partial charge is 0.259 e. The number of carbonyl (C=O) groups is 1. The van der Waals surface area contributed by atoms with Gasteiger partial charge in [0.15, 0.2) is 0 Å². The number of benzene rings is 2. The number of nitrogens with zero attached hydrogens (tertiary/aromatic N) is 2. The van der Waals surface area contributed by atoms with Crippen LogP contribution in [0.1, 0.15) is 40.4 Å². The van der Waals surface area contributed by atoms with Crippen LogP contribution in [0.5, 0.6) is 0 Å². The minimum Gasteiger partial charge on any atom is -0.321 e. The van der Waals surface area contributed by atoms with Gasteiger partial charge in [0.2, 0.25) is 0 Å². The van der Waals surface area contributed by atoms with Gasteiger partial charge in [-0.25, -0.2) is 4.68 Å². The molecule has 2 heterocycles. The average molecular weight is 429 g/mol. The second-order valence-corrected chi connectivity index (χ2v) is 8.06. The number of para-hydroxylation sites is 1. The highest BCUT2D eigenvalue weighted by Gasteiger charge is 2.27. The highest BCUT2D eigenvalue weighted by molar-refractivity contribution is 6.34. The second-order valence-electron chi connectivity index (χ2n) is 7.25. The number of nitrogens with one attached hydrogen (secondary N) is 2. The molecular weight excluding hydrogens is 407 g/mol. The maximum atomic E-state index is 13.1. The summed E-state index contributed by atoms with van der Waals surface area (Å²) < 4.78 is 1.85. The third-order valence-corrected chi connectivity index (χ3v) is 6.04. The number of anilines is 1. The van der Waals surface area contributed by atoms with Gasteiger partial charge in [-0.05, 0) is 62.7 Å². The van der Waals surface area contributed by atoms with E-state index < -0.39 is 0 Å². The SMILES string of the molecule is Cc1ccc(-n2ncc(C(=O)Nc3ccccc3Cl)c2C2CCNCC2)cc1Cl. The third-order valence-electron chi connectivity index (χ3n) is 5.30. The fourth-order valence-electron chi connectivity index (χ4n) is 3.69. The van der Waals surface area contributed by atoms with Crippen molar-refractivity contribution in [2.45, 2.75) is 25.7 Å². The van der Waals surface area contributed by atoms with Crippen LogP contribution in [0.3, 0.4) is 0 Å². The first kappa shape index (κ1) is 20.0. The average Bonchev–Trinajstić information content (AvgIpc) is 3.18. The van der Waals surface area contributed by atoms with Gasteiger partial charge in [-0.1, -0.05) is 41.4 Å². The predicted molar refractivity (Wildman–Crippen MR) is 118 cm³/mol. The molecule has 4 rings (SSSR count). The van der Waals surface area contributed by atoms with Gasteiger partial charge in [0, 0.05) is 10.9 Å². The Morgan fingerprint density at radius 1 is 1.14 bits per heavy atom. The van der Waals surface area contributed by atoms with E-state index in [0.29, 0.717) is 21.3 Å². The molecule has 0 radical (unpaired) electrons. The number of aryl methyl sites for hydroxylation is 1. The summed E-state index contributed by atoms with van der Waals surface area (Å²) in [5.41, 5.74) is 3.92. The van der Waals surface area contributed by atoms with Crippen molar-refractivity contribution >= 4 is 34.8 Å². The molecule has 1 aliphatic heterocycles. The van der Waals surface area contributed by atoms with Crippen LogP contribution in [0.2, 0.25) is 10.0 Å². The van der Waals surface area contributed by atoms with Crippen molar-refractivity contribution in [1.82, 2.24) is 15.1 Å². The molecule has 2 N–H and O–H groups in total. The molecule has 1 aromatic heterocycles. The molecule has 3 aromatic rings. The lowest BCUT2D eigenvalue weighted by molar-refractivity contribution is 0.102. The van der Waals surface area contributed by atoms with E-state index in [9.17, 15) is 4.79 Å². The molecule has 0 unspecified atom stereocenters. The van der Waals surface area contributed by atoms with Crippen LogP contribution in [-0.4, -0.2) is 28.8 Å². The molecule has 2 aromatic carbocycles. The van der Waals surface area contributed by atoms with Crippen LogP contribution >= 0.6 is 23.2 Å². The molecule has 150 valence electrons. The van der Waals surface area contributed by atoms with Gasteiger partial charge in [-0.15, -0.1) is 0 Å². The largest absolute Gasteiger partial charge is 0.321 e. The Labute approximate surface area is 180 Å². The van der Waals surface area contributed by atoms with E-state index in [1.54, 1.807) is 18.3 Å². The van der Waals surface area contributed by atoms with Crippen LogP contribution in [0.25, 0.3) is 5.69 Å². The van der Waals surface area contributed by atoms with E-state index in [2.05, 4.69) is 15.7 Å². The molecule has 0 saturated carbocycles.